The molecule has 0 amide bonds. The summed E-state index contributed by atoms with van der Waals surface area (Å²) in [6.07, 6.45) is 1.78. The number of nitrogens with one attached hydrogen (secondary N) is 2. The van der Waals surface area contributed by atoms with E-state index in [-0.39, 0.29) is 0 Å². The monoisotopic (exact) mass is 213 g/mol. The van der Waals surface area contributed by atoms with Crippen molar-refractivity contribution in [3.63, 3.8) is 0 Å². The number of pyridine rings is 1. The first kappa shape index (κ1) is 10.5. The second-order valence-electron chi connectivity index (χ2n) is 3.52. The van der Waals surface area contributed by atoms with Gasteiger partial charge >= 0.3 is 0 Å². The Morgan fingerprint density at radius 2 is 2.06 bits per heavy atom. The van der Waals surface area contributed by atoms with Crippen LogP contribution >= 0.6 is 0 Å². The molecule has 3 nitrogen and oxygen atoms in total. The molecule has 3 heteroatoms. The highest BCUT2D eigenvalue weighted by Crippen LogP contribution is 2.11. The van der Waals surface area contributed by atoms with Crippen LogP contribution in [0.25, 0.3) is 0 Å². The average Bonchev–Trinajstić information content (AvgIpc) is 2.38. The van der Waals surface area contributed by atoms with Crippen molar-refractivity contribution in [2.75, 3.05) is 17.7 Å². The molecule has 0 atom stereocenters. The number of rotatable bonds is 4. The molecular formula is C13H15N3. The SMILES string of the molecule is CNc1cccc(CNc2ccccn2)c1. The molecule has 1 aromatic carbocycles. The van der Waals surface area contributed by atoms with Crippen molar-refractivity contribution in [2.45, 2.75) is 6.54 Å². The molecule has 1 heterocycles. The molecule has 0 aliphatic carbocycles. The first-order chi connectivity index (χ1) is 7.88. The van der Waals surface area contributed by atoms with E-state index in [2.05, 4.69) is 27.8 Å². The molecule has 2 N–H and O–H groups in total. The molecule has 0 aliphatic rings. The predicted octanol–water partition coefficient (Wildman–Crippen LogP) is 2.74. The van der Waals surface area contributed by atoms with Crippen LogP contribution in [0.2, 0.25) is 0 Å². The van der Waals surface area contributed by atoms with Gasteiger partial charge < -0.3 is 10.6 Å². The maximum atomic E-state index is 4.21. The van der Waals surface area contributed by atoms with Crippen LogP contribution in [0.15, 0.2) is 48.7 Å². The third-order valence-electron chi connectivity index (χ3n) is 2.35. The summed E-state index contributed by atoms with van der Waals surface area (Å²) in [7, 11) is 1.92. The molecule has 0 saturated heterocycles. The van der Waals surface area contributed by atoms with Crippen LogP contribution in [0, 0.1) is 0 Å². The maximum absolute atomic E-state index is 4.21. The molecule has 0 unspecified atom stereocenters. The van der Waals surface area contributed by atoms with Crippen molar-refractivity contribution in [1.29, 1.82) is 0 Å². The molecule has 0 radical (unpaired) electrons. The second kappa shape index (κ2) is 5.16. The van der Waals surface area contributed by atoms with Crippen LogP contribution in [-0.2, 0) is 6.54 Å². The number of hydrogen-bond acceptors (Lipinski definition) is 3. The minimum absolute atomic E-state index is 0.784. The van der Waals surface area contributed by atoms with E-state index in [0.29, 0.717) is 0 Å². The van der Waals surface area contributed by atoms with Gasteiger partial charge in [-0.05, 0) is 29.8 Å². The Balaban J connectivity index is 1.99. The lowest BCUT2D eigenvalue weighted by atomic mass is 10.2. The van der Waals surface area contributed by atoms with Crippen LogP contribution in [0.3, 0.4) is 0 Å². The summed E-state index contributed by atoms with van der Waals surface area (Å²) in [5, 5.41) is 6.40. The molecular weight excluding hydrogens is 198 g/mol. The van der Waals surface area contributed by atoms with Crippen LogP contribution in [-0.4, -0.2) is 12.0 Å². The van der Waals surface area contributed by atoms with E-state index in [9.17, 15) is 0 Å². The lowest BCUT2D eigenvalue weighted by Crippen LogP contribution is -2.01. The molecule has 0 saturated carbocycles. The zero-order valence-electron chi connectivity index (χ0n) is 9.27. The van der Waals surface area contributed by atoms with Crippen LogP contribution < -0.4 is 10.6 Å². The molecule has 0 fully saturated rings. The fourth-order valence-corrected chi connectivity index (χ4v) is 1.50. The Morgan fingerprint density at radius 1 is 1.12 bits per heavy atom. The first-order valence-electron chi connectivity index (χ1n) is 5.30. The molecule has 0 bridgehead atoms. The summed E-state index contributed by atoms with van der Waals surface area (Å²) in [5.74, 6) is 0.900. The predicted molar refractivity (Wildman–Crippen MR) is 67.6 cm³/mol. The molecule has 82 valence electrons. The Bertz CT molecular complexity index is 440. The van der Waals surface area contributed by atoms with Gasteiger partial charge in [0.25, 0.3) is 0 Å². The Hall–Kier alpha value is -2.03. The fraction of sp³-hybridized carbons (Fsp3) is 0.154. The lowest BCUT2D eigenvalue weighted by molar-refractivity contribution is 1.11. The zero-order valence-corrected chi connectivity index (χ0v) is 9.27. The number of benzene rings is 1. The number of nitrogens with zero attached hydrogens (tertiary/aromatic N) is 1. The fourth-order valence-electron chi connectivity index (χ4n) is 1.50. The topological polar surface area (TPSA) is 37.0 Å². The van der Waals surface area contributed by atoms with Crippen molar-refractivity contribution in [3.05, 3.63) is 54.2 Å². The van der Waals surface area contributed by atoms with Crippen molar-refractivity contribution in [3.8, 4) is 0 Å². The third kappa shape index (κ3) is 2.73. The Labute approximate surface area is 95.5 Å². The summed E-state index contributed by atoms with van der Waals surface area (Å²) in [6, 6.07) is 14.1. The van der Waals surface area contributed by atoms with Gasteiger partial charge in [-0.25, -0.2) is 4.98 Å². The van der Waals surface area contributed by atoms with E-state index in [0.717, 1.165) is 18.1 Å². The van der Waals surface area contributed by atoms with E-state index in [1.807, 2.05) is 37.4 Å². The summed E-state index contributed by atoms with van der Waals surface area (Å²) in [4.78, 5) is 4.21. The molecule has 0 aliphatic heterocycles. The Morgan fingerprint density at radius 3 is 2.81 bits per heavy atom. The van der Waals surface area contributed by atoms with Crippen LogP contribution in [0.1, 0.15) is 5.56 Å². The quantitative estimate of drug-likeness (QED) is 0.820. The minimum Gasteiger partial charge on any atom is -0.388 e. The molecule has 16 heavy (non-hydrogen) atoms. The van der Waals surface area contributed by atoms with E-state index >= 15 is 0 Å². The largest absolute Gasteiger partial charge is 0.388 e. The highest BCUT2D eigenvalue weighted by molar-refractivity contribution is 5.46. The number of hydrogen-bond donors (Lipinski definition) is 2. The first-order valence-corrected chi connectivity index (χ1v) is 5.30. The standard InChI is InChI=1S/C13H15N3/c1-14-12-6-4-5-11(9-12)10-16-13-7-2-3-8-15-13/h2-9,14H,10H2,1H3,(H,15,16). The van der Waals surface area contributed by atoms with Gasteiger partial charge in [0.15, 0.2) is 0 Å². The average molecular weight is 213 g/mol. The zero-order chi connectivity index (χ0) is 11.2. The van der Waals surface area contributed by atoms with Crippen molar-refractivity contribution < 1.29 is 0 Å². The van der Waals surface area contributed by atoms with Gasteiger partial charge in [0.1, 0.15) is 5.82 Å². The number of aromatic nitrogens is 1. The van der Waals surface area contributed by atoms with E-state index < -0.39 is 0 Å². The molecule has 2 aromatic rings. The second-order valence-corrected chi connectivity index (χ2v) is 3.52. The van der Waals surface area contributed by atoms with Gasteiger partial charge in [-0.1, -0.05) is 18.2 Å². The Kier molecular flexibility index (Phi) is 3.38. The van der Waals surface area contributed by atoms with Gasteiger partial charge in [-0.2, -0.15) is 0 Å². The van der Waals surface area contributed by atoms with E-state index in [4.69, 9.17) is 0 Å². The highest BCUT2D eigenvalue weighted by Gasteiger charge is 1.95. The molecule has 2 rings (SSSR count). The van der Waals surface area contributed by atoms with Gasteiger partial charge in [-0.15, -0.1) is 0 Å². The summed E-state index contributed by atoms with van der Waals surface area (Å²) >= 11 is 0. The van der Waals surface area contributed by atoms with Gasteiger partial charge in [0.05, 0.1) is 0 Å². The molecule has 1 aromatic heterocycles. The summed E-state index contributed by atoms with van der Waals surface area (Å²) in [5.41, 5.74) is 2.36. The maximum Gasteiger partial charge on any atom is 0.126 e. The van der Waals surface area contributed by atoms with Crippen molar-refractivity contribution in [1.82, 2.24) is 4.98 Å². The lowest BCUT2D eigenvalue weighted by Gasteiger charge is -2.07. The minimum atomic E-state index is 0.784. The van der Waals surface area contributed by atoms with Gasteiger partial charge in [0, 0.05) is 25.5 Å². The van der Waals surface area contributed by atoms with Gasteiger partial charge in [0.2, 0.25) is 0 Å². The smallest absolute Gasteiger partial charge is 0.126 e. The normalized spacial score (nSPS) is 9.81. The summed E-state index contributed by atoms with van der Waals surface area (Å²) < 4.78 is 0. The highest BCUT2D eigenvalue weighted by atomic mass is 15.0. The van der Waals surface area contributed by atoms with Gasteiger partial charge in [-0.3, -0.25) is 0 Å². The van der Waals surface area contributed by atoms with Crippen LogP contribution in [0.5, 0.6) is 0 Å². The molecule has 0 spiro atoms. The van der Waals surface area contributed by atoms with E-state index in [1.165, 1.54) is 5.56 Å². The van der Waals surface area contributed by atoms with Crippen molar-refractivity contribution in [2.24, 2.45) is 0 Å². The van der Waals surface area contributed by atoms with Crippen LogP contribution in [0.4, 0.5) is 11.5 Å². The third-order valence-corrected chi connectivity index (χ3v) is 2.35. The summed E-state index contributed by atoms with van der Waals surface area (Å²) in [6.45, 7) is 0.784. The van der Waals surface area contributed by atoms with E-state index in [1.54, 1.807) is 6.20 Å². The number of anilines is 2. The van der Waals surface area contributed by atoms with Crippen molar-refractivity contribution >= 4 is 11.5 Å².